The minimum absolute atomic E-state index is 0. The molecule has 7 aromatic rings. The molecule has 0 saturated carbocycles. The van der Waals surface area contributed by atoms with Gasteiger partial charge in [-0.15, -0.1) is 17.0 Å². The van der Waals surface area contributed by atoms with Gasteiger partial charge in [-0.1, -0.05) is 30.6 Å². The van der Waals surface area contributed by atoms with Crippen LogP contribution < -0.4 is 20.9 Å². The standard InChI is InChI=1S/C14H20N4O3.C13H18N2O3.2C9H18N2O.C9H12N2O.C8H10N2O.C8H13NO3.C5H3BrN2O2.C5H4BrN.C5H4N.BrH.Mg.H/c1-16-9-14(19,10-16)11-3-2-6-17(8-11)12-4-5-13(15-7-12)18(20)21;1-12(2,3)18-11(16)15-8-13(17,9-15)10-5-4-6-14-7-10;3*1-11-6-9(12,7-11)8-3-2-4-10-5-8;11-8(5-10-6-8)7-2-1-3-9-4-7;1-8(2,3)12-7(11)9-4-6(10)5-9;6-4-1-2-5(7-3-4)8(9)10;6-5-2-1-3-7-4-5;1-2-4-6-5-3-1;;;/h4-5,7,11,19H,2-3,6,8-10H2,1H3;4-7,17H,8-9H2,1-3H3;2*8,10,12H,2-7H2,1H3;2-5,12H,6-7H2,1H3;1-4,10-11H,5-6H2;4-5H2,1-3H3;1-3H;1-4H;1-2,4-5H;1H;;/q;;;;;;;;;-1;;+2;-1. The largest absolute Gasteiger partial charge is 2.00 e. The number of piperidine rings is 3. The van der Waals surface area contributed by atoms with Crippen LogP contribution >= 0.6 is 48.8 Å². The first-order valence-electron chi connectivity index (χ1n) is 40.5. The van der Waals surface area contributed by atoms with Gasteiger partial charge < -0.3 is 107 Å². The van der Waals surface area contributed by atoms with Crippen molar-refractivity contribution in [2.75, 3.05) is 164 Å². The van der Waals surface area contributed by atoms with Crippen LogP contribution in [0.25, 0.3) is 0 Å². The maximum atomic E-state index is 11.7. The number of carbonyl (C=O) groups is 3. The Balaban J connectivity index is 0.000000248. The van der Waals surface area contributed by atoms with Gasteiger partial charge in [0.2, 0.25) is 0 Å². The van der Waals surface area contributed by atoms with Crippen LogP contribution in [0, 0.1) is 44.0 Å². The van der Waals surface area contributed by atoms with E-state index in [1.807, 2.05) is 83.4 Å². The number of ether oxygens (including phenoxy) is 2. The van der Waals surface area contributed by atoms with E-state index >= 15 is 0 Å². The molecule has 3 unspecified atom stereocenters. The number of aliphatic hydroxyl groups is 6. The van der Waals surface area contributed by atoms with E-state index in [0.717, 1.165) is 123 Å². The van der Waals surface area contributed by atoms with Crippen molar-refractivity contribution >= 4 is 107 Å². The summed E-state index contributed by atoms with van der Waals surface area (Å²) in [5, 5.41) is 91.3. The molecule has 0 spiro atoms. The van der Waals surface area contributed by atoms with Gasteiger partial charge in [-0.2, -0.15) is 6.07 Å². The number of amides is 2. The third-order valence-electron chi connectivity index (χ3n) is 21.3. The number of ketones is 1. The van der Waals surface area contributed by atoms with Crippen LogP contribution in [0.4, 0.5) is 26.9 Å². The molecule has 10 saturated heterocycles. The molecule has 10 aliphatic rings. The Labute approximate surface area is 765 Å². The topological polar surface area (TPSA) is 426 Å². The maximum Gasteiger partial charge on any atom is 2.00 e. The number of hydrogen-bond donors (Lipinski definition) is 9. The van der Waals surface area contributed by atoms with Crippen LogP contribution in [0.15, 0.2) is 168 Å². The Kier molecular flexibility index (Phi) is 41.1. The van der Waals surface area contributed by atoms with Crippen molar-refractivity contribution in [3.8, 4) is 0 Å². The van der Waals surface area contributed by atoms with Crippen molar-refractivity contribution in [2.24, 2.45) is 17.8 Å². The molecule has 17 heterocycles. The molecule has 10 fully saturated rings. The Hall–Kier alpha value is -7.45. The molecule has 123 heavy (non-hydrogen) atoms. The molecule has 0 aliphatic carbocycles. The molecule has 0 radical (unpaired) electrons. The zero-order chi connectivity index (χ0) is 88.2. The molecular weight excluding hydrogens is 1790 g/mol. The Morgan fingerprint density at radius 3 is 1.23 bits per heavy atom. The number of nitro groups is 2. The zero-order valence-corrected chi connectivity index (χ0v) is 78.3. The second kappa shape index (κ2) is 48.5. The number of nitrogens with zero attached hydrogens (tertiary/aromatic N) is 16. The molecular formula is C85H122Br3MgN19O15. The normalized spacial score (nSPS) is 21.3. The third-order valence-corrected chi connectivity index (χ3v) is 22.3. The summed E-state index contributed by atoms with van der Waals surface area (Å²) >= 11 is 6.36. The molecule has 9 N–H and O–H groups in total. The first kappa shape index (κ1) is 104. The SMILES string of the molecule is Br.Brc1cccnc1.CC(C)(C)OC(=O)N1CC(=O)C1.CC(C)(C)OC(=O)N1CC(O)(c2cccnc2)C1.CN1CC(O)(C2CCCN(c3ccc([N+](=O)[O-])nc3)C2)C1.CN1CC(O)(C2CCCNC2)C1.CN1CC(O)(C2CCCNC2)C1.CN1CC(O)(c2cccnc2)C1.O=[N+]([O-])c1ccc(Br)cn1.OC1(c2cccnc2)CNC1.[H-].[Mg+2].[c-]1cccnc1. The van der Waals surface area contributed by atoms with E-state index in [1.54, 1.807) is 113 Å². The second-order valence-electron chi connectivity index (χ2n) is 34.4. The molecule has 0 bridgehead atoms. The van der Waals surface area contributed by atoms with Crippen LogP contribution in [-0.4, -0.2) is 333 Å². The van der Waals surface area contributed by atoms with Gasteiger partial charge in [-0.25, -0.2) is 21.7 Å². The third kappa shape index (κ3) is 33.4. The van der Waals surface area contributed by atoms with Crippen molar-refractivity contribution in [3.63, 3.8) is 0 Å². The predicted octanol–water partition coefficient (Wildman–Crippen LogP) is 7.41. The number of anilines is 1. The fraction of sp³-hybridized carbons (Fsp3) is 0.553. The number of likely N-dealkylation sites (tertiary alicyclic amines) is 6. The number of aromatic nitrogens is 7. The number of pyridine rings is 7. The molecule has 0 aromatic carbocycles. The Morgan fingerprint density at radius 1 is 0.512 bits per heavy atom. The zero-order valence-electron chi connectivity index (χ0n) is 73.0. The van der Waals surface area contributed by atoms with Crippen molar-refractivity contribution in [1.82, 2.24) is 80.2 Å². The molecule has 38 heteroatoms. The van der Waals surface area contributed by atoms with Gasteiger partial charge in [0.1, 0.15) is 28.0 Å². The van der Waals surface area contributed by atoms with Gasteiger partial charge >= 0.3 is 46.9 Å². The summed E-state index contributed by atoms with van der Waals surface area (Å²) in [6.07, 6.45) is 26.0. The number of halogens is 3. The minimum Gasteiger partial charge on any atom is -1.00 e. The van der Waals surface area contributed by atoms with Gasteiger partial charge in [0.05, 0.1) is 53.1 Å². The molecule has 3 atom stereocenters. The summed E-state index contributed by atoms with van der Waals surface area (Å²) in [5.41, 5.74) is -1.18. The van der Waals surface area contributed by atoms with Gasteiger partial charge in [0, 0.05) is 192 Å². The van der Waals surface area contributed by atoms with Crippen LogP contribution in [0.2, 0.25) is 0 Å². The molecule has 10 aliphatic heterocycles. The summed E-state index contributed by atoms with van der Waals surface area (Å²) in [6, 6.07) is 27.4. The first-order chi connectivity index (χ1) is 57.2. The average molecular weight is 1910 g/mol. The number of carbonyl (C=O) groups excluding carboxylic acids is 3. The van der Waals surface area contributed by atoms with Crippen LogP contribution in [0.3, 0.4) is 0 Å². The first-order valence-corrected chi connectivity index (χ1v) is 42.1. The van der Waals surface area contributed by atoms with E-state index in [4.69, 9.17) is 9.47 Å². The number of β-amino-alcohol motifs (C(OH)–C–C–N with tert-alkyl or cyclic N) is 6. The van der Waals surface area contributed by atoms with Crippen molar-refractivity contribution in [1.29, 1.82) is 0 Å². The van der Waals surface area contributed by atoms with E-state index in [2.05, 4.69) is 127 Å². The minimum atomic E-state index is -0.995. The van der Waals surface area contributed by atoms with Crippen LogP contribution in [-0.2, 0) is 31.1 Å². The summed E-state index contributed by atoms with van der Waals surface area (Å²) in [4.78, 5) is 93.5. The summed E-state index contributed by atoms with van der Waals surface area (Å²) < 4.78 is 12.0. The average Bonchev–Trinajstić information content (AvgIpc) is 0.763. The molecule has 17 rings (SSSR count). The van der Waals surface area contributed by atoms with Gasteiger partial charge in [-0.3, -0.25) is 34.5 Å². The van der Waals surface area contributed by atoms with E-state index in [1.165, 1.54) is 53.8 Å². The van der Waals surface area contributed by atoms with E-state index in [-0.39, 0.29) is 102 Å². The predicted molar refractivity (Wildman–Crippen MR) is 481 cm³/mol. The number of likely N-dealkylation sites (N-methyl/N-ethyl adjacent to an activating group) is 4. The number of rotatable bonds is 9. The second-order valence-corrected chi connectivity index (χ2v) is 36.2. The van der Waals surface area contributed by atoms with Crippen LogP contribution in [0.1, 0.15) is 98.2 Å². The Morgan fingerprint density at radius 2 is 0.919 bits per heavy atom. The number of hydrogen-bond acceptors (Lipinski definition) is 30. The molecule has 2 amide bonds. The van der Waals surface area contributed by atoms with Crippen molar-refractivity contribution in [3.05, 3.63) is 211 Å². The monoisotopic (exact) mass is 1910 g/mol. The van der Waals surface area contributed by atoms with Crippen molar-refractivity contribution < 1.29 is 65.8 Å². The summed E-state index contributed by atoms with van der Waals surface area (Å²) in [7, 11) is 8.12. The fourth-order valence-electron chi connectivity index (χ4n) is 15.0. The fourth-order valence-corrected chi connectivity index (χ4v) is 15.6. The van der Waals surface area contributed by atoms with Crippen molar-refractivity contribution in [2.45, 2.75) is 125 Å². The maximum absolute atomic E-state index is 11.7. The number of Topliss-reactive ketones (excluding diaryl/α,β-unsaturated/α-hetero) is 1. The van der Waals surface area contributed by atoms with E-state index in [0.29, 0.717) is 38.0 Å². The Bertz CT molecular complexity index is 4220. The van der Waals surface area contributed by atoms with Gasteiger partial charge in [0.15, 0.2) is 18.2 Å². The van der Waals surface area contributed by atoms with Gasteiger partial charge in [-0.05, 0) is 215 Å². The molecule has 7 aromatic heterocycles. The smallest absolute Gasteiger partial charge is 1.00 e. The number of nitrogens with one attached hydrogen (secondary N) is 3. The van der Waals surface area contributed by atoms with E-state index in [9.17, 15) is 65.3 Å². The summed E-state index contributed by atoms with van der Waals surface area (Å²) in [6.45, 7) is 25.3. The quantitative estimate of drug-likeness (QED) is 0.0294. The van der Waals surface area contributed by atoms with Crippen LogP contribution in [0.5, 0.6) is 0 Å². The van der Waals surface area contributed by atoms with E-state index < -0.39 is 55.6 Å². The molecule has 34 nitrogen and oxygen atoms in total. The summed E-state index contributed by atoms with van der Waals surface area (Å²) in [5.74, 6) is 1.04. The molecule has 670 valence electrons. The van der Waals surface area contributed by atoms with Gasteiger partial charge in [0.25, 0.3) is 0 Å².